The molecular weight excluding hydrogens is 282 g/mol. The number of rotatable bonds is 10. The van der Waals surface area contributed by atoms with Crippen LogP contribution in [0, 0.1) is 0 Å². The van der Waals surface area contributed by atoms with E-state index in [-0.39, 0.29) is 18.6 Å². The first-order chi connectivity index (χ1) is 9.20. The molecule has 0 aliphatic rings. The number of allylic oxidation sites excluding steroid dienone is 1. The Morgan fingerprint density at radius 2 is 1.95 bits per heavy atom. The van der Waals surface area contributed by atoms with Gasteiger partial charge in [0.1, 0.15) is 0 Å². The average molecular weight is 307 g/mol. The van der Waals surface area contributed by atoms with E-state index in [1.807, 2.05) is 6.92 Å². The molecule has 0 heterocycles. The van der Waals surface area contributed by atoms with E-state index < -0.39 is 15.9 Å². The molecule has 1 atom stereocenters. The maximum Gasteiger partial charge on any atom is 0.266 e. The summed E-state index contributed by atoms with van der Waals surface area (Å²) in [6.07, 6.45) is 5.68. The largest absolute Gasteiger partial charge is 0.393 e. The highest BCUT2D eigenvalue weighted by Crippen LogP contribution is 2.10. The smallest absolute Gasteiger partial charge is 0.266 e. The Balaban J connectivity index is 3.79. The minimum absolute atomic E-state index is 0.101. The fraction of sp³-hybridized carbons (Fsp3) is 0.769. The number of nitrogens with one attached hydrogen (secondary N) is 1. The third-order valence-corrected chi connectivity index (χ3v) is 3.45. The van der Waals surface area contributed by atoms with Gasteiger partial charge >= 0.3 is 0 Å². The van der Waals surface area contributed by atoms with Crippen LogP contribution in [0.2, 0.25) is 0 Å². The molecule has 0 bridgehead atoms. The minimum Gasteiger partial charge on any atom is -0.393 e. The SMILES string of the molecule is CC(=CC(=O)NCCS(=O)(=O)O)CCCCC[C@H](C)O. The van der Waals surface area contributed by atoms with Crippen LogP contribution in [0.25, 0.3) is 0 Å². The molecule has 0 saturated carbocycles. The van der Waals surface area contributed by atoms with Gasteiger partial charge in [0.15, 0.2) is 0 Å². The Morgan fingerprint density at radius 3 is 2.50 bits per heavy atom. The molecule has 118 valence electrons. The van der Waals surface area contributed by atoms with Crippen molar-refractivity contribution in [1.82, 2.24) is 5.32 Å². The van der Waals surface area contributed by atoms with Gasteiger partial charge in [0.05, 0.1) is 11.9 Å². The van der Waals surface area contributed by atoms with Crippen molar-refractivity contribution >= 4 is 16.0 Å². The zero-order valence-corrected chi connectivity index (χ0v) is 12.9. The van der Waals surface area contributed by atoms with Crippen molar-refractivity contribution in [3.05, 3.63) is 11.6 Å². The number of amides is 1. The van der Waals surface area contributed by atoms with Gasteiger partial charge in [-0.25, -0.2) is 0 Å². The van der Waals surface area contributed by atoms with Gasteiger partial charge in [-0.2, -0.15) is 8.42 Å². The lowest BCUT2D eigenvalue weighted by Gasteiger charge is -2.05. The number of aliphatic hydroxyl groups is 1. The van der Waals surface area contributed by atoms with E-state index in [0.717, 1.165) is 37.7 Å². The molecular formula is C13H25NO5S. The van der Waals surface area contributed by atoms with Gasteiger partial charge in [0, 0.05) is 12.6 Å². The van der Waals surface area contributed by atoms with Crippen LogP contribution in [0.5, 0.6) is 0 Å². The quantitative estimate of drug-likeness (QED) is 0.320. The first kappa shape index (κ1) is 19.1. The van der Waals surface area contributed by atoms with E-state index in [2.05, 4.69) is 5.32 Å². The molecule has 0 aromatic heterocycles. The van der Waals surface area contributed by atoms with Gasteiger partial charge < -0.3 is 10.4 Å². The molecule has 3 N–H and O–H groups in total. The lowest BCUT2D eigenvalue weighted by Crippen LogP contribution is -2.27. The number of unbranched alkanes of at least 4 members (excludes halogenated alkanes) is 2. The number of hydrogen-bond acceptors (Lipinski definition) is 4. The molecule has 0 spiro atoms. The Hall–Kier alpha value is -0.920. The molecule has 1 amide bonds. The summed E-state index contributed by atoms with van der Waals surface area (Å²) in [7, 11) is -4.03. The van der Waals surface area contributed by atoms with Gasteiger partial charge in [0.2, 0.25) is 5.91 Å². The average Bonchev–Trinajstić information content (AvgIpc) is 2.26. The van der Waals surface area contributed by atoms with Crippen LogP contribution < -0.4 is 5.32 Å². The third kappa shape index (κ3) is 13.5. The highest BCUT2D eigenvalue weighted by atomic mass is 32.2. The summed E-state index contributed by atoms with van der Waals surface area (Å²) in [4.78, 5) is 11.4. The van der Waals surface area contributed by atoms with Crippen molar-refractivity contribution in [3.63, 3.8) is 0 Å². The van der Waals surface area contributed by atoms with Crippen LogP contribution in [-0.2, 0) is 14.9 Å². The Morgan fingerprint density at radius 1 is 1.30 bits per heavy atom. The van der Waals surface area contributed by atoms with Crippen LogP contribution in [0.15, 0.2) is 11.6 Å². The highest BCUT2D eigenvalue weighted by molar-refractivity contribution is 7.85. The van der Waals surface area contributed by atoms with E-state index in [9.17, 15) is 13.2 Å². The molecule has 0 rings (SSSR count). The fourth-order valence-corrected chi connectivity index (χ4v) is 2.03. The third-order valence-electron chi connectivity index (χ3n) is 2.73. The first-order valence-corrected chi connectivity index (χ1v) is 8.40. The van der Waals surface area contributed by atoms with Crippen LogP contribution in [0.1, 0.15) is 46.0 Å². The van der Waals surface area contributed by atoms with E-state index in [4.69, 9.17) is 9.66 Å². The predicted molar refractivity (Wildman–Crippen MR) is 77.9 cm³/mol. The van der Waals surface area contributed by atoms with Crippen molar-refractivity contribution < 1.29 is 22.9 Å². The first-order valence-electron chi connectivity index (χ1n) is 6.79. The molecule has 0 aromatic carbocycles. The molecule has 0 unspecified atom stereocenters. The molecule has 7 heteroatoms. The normalized spacial score (nSPS) is 14.1. The lowest BCUT2D eigenvalue weighted by molar-refractivity contribution is -0.116. The van der Waals surface area contributed by atoms with E-state index >= 15 is 0 Å². The second kappa shape index (κ2) is 9.90. The van der Waals surface area contributed by atoms with Crippen LogP contribution >= 0.6 is 0 Å². The molecule has 0 fully saturated rings. The number of hydrogen-bond donors (Lipinski definition) is 3. The topological polar surface area (TPSA) is 104 Å². The van der Waals surface area contributed by atoms with Gasteiger partial charge in [-0.3, -0.25) is 9.35 Å². The second-order valence-corrected chi connectivity index (χ2v) is 6.59. The van der Waals surface area contributed by atoms with Crippen LogP contribution in [-0.4, -0.2) is 42.4 Å². The van der Waals surface area contributed by atoms with Crippen molar-refractivity contribution in [3.8, 4) is 0 Å². The van der Waals surface area contributed by atoms with Gasteiger partial charge in [-0.15, -0.1) is 0 Å². The molecule has 0 saturated heterocycles. The van der Waals surface area contributed by atoms with Crippen molar-refractivity contribution in [2.24, 2.45) is 0 Å². The van der Waals surface area contributed by atoms with Gasteiger partial charge in [-0.05, 0) is 33.1 Å². The standard InChI is InChI=1S/C13H25NO5S/c1-11(6-4-3-5-7-12(2)15)10-13(16)14-8-9-20(17,18)19/h10,12,15H,3-9H2,1-2H3,(H,14,16)(H,17,18,19)/t12-/m0/s1. The summed E-state index contributed by atoms with van der Waals surface area (Å²) in [5, 5.41) is 11.5. The summed E-state index contributed by atoms with van der Waals surface area (Å²) < 4.78 is 29.4. The molecule has 0 aliphatic carbocycles. The summed E-state index contributed by atoms with van der Waals surface area (Å²) in [6, 6.07) is 0. The molecule has 0 aromatic rings. The lowest BCUT2D eigenvalue weighted by atomic mass is 10.1. The maximum atomic E-state index is 11.4. The van der Waals surface area contributed by atoms with Gasteiger partial charge in [-0.1, -0.05) is 18.4 Å². The summed E-state index contributed by atoms with van der Waals surface area (Å²) in [5.74, 6) is -0.833. The van der Waals surface area contributed by atoms with Crippen molar-refractivity contribution in [2.75, 3.05) is 12.3 Å². The van der Waals surface area contributed by atoms with Crippen molar-refractivity contribution in [2.45, 2.75) is 52.1 Å². The predicted octanol–water partition coefficient (Wildman–Crippen LogP) is 1.27. The second-order valence-electron chi connectivity index (χ2n) is 5.02. The monoisotopic (exact) mass is 307 g/mol. The minimum atomic E-state index is -4.03. The van der Waals surface area contributed by atoms with Gasteiger partial charge in [0.25, 0.3) is 10.1 Å². The van der Waals surface area contributed by atoms with E-state index in [1.54, 1.807) is 6.92 Å². The molecule has 0 radical (unpaired) electrons. The van der Waals surface area contributed by atoms with Crippen LogP contribution in [0.3, 0.4) is 0 Å². The Kier molecular flexibility index (Phi) is 9.45. The highest BCUT2D eigenvalue weighted by Gasteiger charge is 2.05. The Bertz CT molecular complexity index is 414. The molecule has 6 nitrogen and oxygen atoms in total. The van der Waals surface area contributed by atoms with E-state index in [1.165, 1.54) is 6.08 Å². The summed E-state index contributed by atoms with van der Waals surface area (Å²) >= 11 is 0. The Labute approximate surface area is 121 Å². The van der Waals surface area contributed by atoms with Crippen LogP contribution in [0.4, 0.5) is 0 Å². The maximum absolute atomic E-state index is 11.4. The number of carbonyl (C=O) groups is 1. The molecule has 0 aliphatic heterocycles. The summed E-state index contributed by atoms with van der Waals surface area (Å²) in [5.41, 5.74) is 0.923. The zero-order valence-electron chi connectivity index (χ0n) is 12.1. The summed E-state index contributed by atoms with van der Waals surface area (Å²) in [6.45, 7) is 3.51. The molecule has 20 heavy (non-hydrogen) atoms. The number of aliphatic hydroxyl groups excluding tert-OH is 1. The van der Waals surface area contributed by atoms with E-state index in [0.29, 0.717) is 0 Å². The fourth-order valence-electron chi connectivity index (χ4n) is 1.67. The number of carbonyl (C=O) groups excluding carboxylic acids is 1. The van der Waals surface area contributed by atoms with Crippen molar-refractivity contribution in [1.29, 1.82) is 0 Å². The zero-order chi connectivity index (χ0) is 15.6.